The third-order valence-corrected chi connectivity index (χ3v) is 1.71. The van der Waals surface area contributed by atoms with Crippen LogP contribution in [0.4, 0.5) is 4.32 Å². The average Bonchev–Trinajstić information content (AvgIpc) is 2.45. The van der Waals surface area contributed by atoms with Crippen LogP contribution in [0.5, 0.6) is 0 Å². The van der Waals surface area contributed by atoms with Crippen LogP contribution in [0.25, 0.3) is 0 Å². The van der Waals surface area contributed by atoms with Crippen molar-refractivity contribution in [3.63, 3.8) is 0 Å². The van der Waals surface area contributed by atoms with Crippen molar-refractivity contribution >= 4 is 13.4 Å². The van der Waals surface area contributed by atoms with Crippen LogP contribution in [0.15, 0.2) is 12.5 Å². The van der Waals surface area contributed by atoms with Gasteiger partial charge in [-0.2, -0.15) is 0 Å². The van der Waals surface area contributed by atoms with Gasteiger partial charge in [-0.15, -0.1) is 0 Å². The molecule has 0 radical (unpaired) electrons. The van der Waals surface area contributed by atoms with Gasteiger partial charge in [-0.25, -0.2) is 18.2 Å². The van der Waals surface area contributed by atoms with Gasteiger partial charge in [0.1, 0.15) is 6.20 Å². The van der Waals surface area contributed by atoms with Crippen LogP contribution in [-0.4, -0.2) is 23.0 Å². The summed E-state index contributed by atoms with van der Waals surface area (Å²) in [5, 5.41) is 8.23. The lowest BCUT2D eigenvalue weighted by Gasteiger charge is -1.98. The van der Waals surface area contributed by atoms with Crippen molar-refractivity contribution in [2.45, 2.75) is 13.5 Å². The number of carbonyl (C=O) groups is 1. The summed E-state index contributed by atoms with van der Waals surface area (Å²) in [7, 11) is -0.845. The number of rotatable bonds is 3. The Balaban J connectivity index is 2.88. The molecule has 1 rings (SSSR count). The molecule has 76 valence electrons. The van der Waals surface area contributed by atoms with E-state index in [1.807, 2.05) is 6.92 Å². The van der Waals surface area contributed by atoms with Gasteiger partial charge in [-0.1, -0.05) is 0 Å². The summed E-state index contributed by atoms with van der Waals surface area (Å²) in [6.07, 6.45) is 3.16. The van der Waals surface area contributed by atoms with Crippen molar-refractivity contribution < 1.29 is 23.4 Å². The van der Waals surface area contributed by atoms with Gasteiger partial charge in [-0.3, -0.25) is 0 Å². The van der Waals surface area contributed by atoms with Crippen LogP contribution < -0.4 is 4.57 Å². The monoisotopic (exact) mass is 201 g/mol. The second-order valence-electron chi connectivity index (χ2n) is 2.78. The standard InChI is InChI=1S/C7H11BFN2O3/c1-3-11-5-10(2)4-6(11)7(12)14-8(9)13/h4-5,13H,3H2,1-2H3/q+1. The topological polar surface area (TPSA) is 55.3 Å². The minimum Gasteiger partial charge on any atom is -0.475 e. The second-order valence-corrected chi connectivity index (χ2v) is 2.78. The zero-order valence-electron chi connectivity index (χ0n) is 7.98. The summed E-state index contributed by atoms with van der Waals surface area (Å²) in [6.45, 7) is 2.40. The Kier molecular flexibility index (Phi) is 3.24. The van der Waals surface area contributed by atoms with Gasteiger partial charge in [0.2, 0.25) is 12.0 Å². The minimum atomic E-state index is -2.58. The van der Waals surface area contributed by atoms with Gasteiger partial charge in [-0.05, 0) is 6.92 Å². The highest BCUT2D eigenvalue weighted by Gasteiger charge is 2.26. The molecule has 0 aliphatic carbocycles. The number of halogens is 1. The lowest BCUT2D eigenvalue weighted by molar-refractivity contribution is -0.671. The van der Waals surface area contributed by atoms with Crippen LogP contribution in [0.1, 0.15) is 17.4 Å². The molecule has 1 aromatic rings. The molecule has 0 saturated carbocycles. The average molecular weight is 201 g/mol. The molecule has 1 aromatic heterocycles. The Hall–Kier alpha value is -1.37. The third kappa shape index (κ3) is 2.32. The lowest BCUT2D eigenvalue weighted by Crippen LogP contribution is -2.24. The number of aryl methyl sites for hydroxylation is 2. The molecular weight excluding hydrogens is 190 g/mol. The summed E-state index contributed by atoms with van der Waals surface area (Å²) in [5.74, 6) is -0.887. The Morgan fingerprint density at radius 1 is 1.86 bits per heavy atom. The molecule has 7 heteroatoms. The first-order valence-corrected chi connectivity index (χ1v) is 4.13. The van der Waals surface area contributed by atoms with E-state index in [-0.39, 0.29) is 5.69 Å². The highest BCUT2D eigenvalue weighted by molar-refractivity contribution is 6.37. The molecule has 1 heterocycles. The number of carbonyl (C=O) groups excluding carboxylic acids is 1. The highest BCUT2D eigenvalue weighted by Crippen LogP contribution is 2.01. The van der Waals surface area contributed by atoms with Crippen LogP contribution >= 0.6 is 0 Å². The fourth-order valence-corrected chi connectivity index (χ4v) is 1.15. The highest BCUT2D eigenvalue weighted by atomic mass is 19.1. The van der Waals surface area contributed by atoms with E-state index in [1.54, 1.807) is 22.5 Å². The van der Waals surface area contributed by atoms with Gasteiger partial charge in [0.15, 0.2) is 0 Å². The third-order valence-electron chi connectivity index (χ3n) is 1.71. The number of imidazole rings is 1. The van der Waals surface area contributed by atoms with Crippen molar-refractivity contribution in [3.8, 4) is 0 Å². The minimum absolute atomic E-state index is 0.201. The SMILES string of the molecule is CCn1c[n+](C)cc1C(=O)OB(O)F. The van der Waals surface area contributed by atoms with Gasteiger partial charge in [0.25, 0.3) is 0 Å². The maximum atomic E-state index is 12.0. The Morgan fingerprint density at radius 2 is 2.50 bits per heavy atom. The zero-order chi connectivity index (χ0) is 10.7. The Labute approximate surface area is 80.9 Å². The van der Waals surface area contributed by atoms with E-state index in [9.17, 15) is 9.11 Å². The zero-order valence-corrected chi connectivity index (χ0v) is 7.98. The van der Waals surface area contributed by atoms with E-state index in [0.29, 0.717) is 6.54 Å². The number of hydrogen-bond donors (Lipinski definition) is 1. The van der Waals surface area contributed by atoms with Crippen LogP contribution in [0.2, 0.25) is 0 Å². The molecule has 0 atom stereocenters. The first-order valence-electron chi connectivity index (χ1n) is 4.13. The predicted octanol–water partition coefficient (Wildman–Crippen LogP) is -0.564. The van der Waals surface area contributed by atoms with Gasteiger partial charge in [0.05, 0.1) is 13.6 Å². The molecule has 0 unspecified atom stereocenters. The van der Waals surface area contributed by atoms with E-state index in [2.05, 4.69) is 4.65 Å². The fraction of sp³-hybridized carbons (Fsp3) is 0.429. The van der Waals surface area contributed by atoms with Crippen molar-refractivity contribution in [1.82, 2.24) is 4.57 Å². The molecule has 0 amide bonds. The van der Waals surface area contributed by atoms with Crippen molar-refractivity contribution in [2.75, 3.05) is 0 Å². The smallest absolute Gasteiger partial charge is 0.475 e. The Morgan fingerprint density at radius 3 is 3.00 bits per heavy atom. The molecule has 5 nitrogen and oxygen atoms in total. The maximum Gasteiger partial charge on any atom is 0.754 e. The largest absolute Gasteiger partial charge is 0.754 e. The molecule has 0 saturated heterocycles. The summed E-state index contributed by atoms with van der Waals surface area (Å²) >= 11 is 0. The van der Waals surface area contributed by atoms with Gasteiger partial charge >= 0.3 is 13.4 Å². The quantitative estimate of drug-likeness (QED) is 0.526. The molecule has 14 heavy (non-hydrogen) atoms. The summed E-state index contributed by atoms with van der Waals surface area (Å²) in [5.41, 5.74) is 0.201. The molecule has 0 bridgehead atoms. The first-order chi connectivity index (χ1) is 6.54. The summed E-state index contributed by atoms with van der Waals surface area (Å²) < 4.78 is 19.2. The number of nitrogens with zero attached hydrogens (tertiary/aromatic N) is 2. The van der Waals surface area contributed by atoms with Crippen LogP contribution in [-0.2, 0) is 18.2 Å². The van der Waals surface area contributed by atoms with Gasteiger partial charge < -0.3 is 9.68 Å². The molecule has 0 aliphatic heterocycles. The van der Waals surface area contributed by atoms with Crippen LogP contribution in [0, 0.1) is 0 Å². The molecule has 0 fully saturated rings. The normalized spacial score (nSPS) is 10.0. The molecule has 0 spiro atoms. The van der Waals surface area contributed by atoms with Crippen molar-refractivity contribution in [3.05, 3.63) is 18.2 Å². The maximum absolute atomic E-state index is 12.0. The van der Waals surface area contributed by atoms with E-state index in [1.165, 1.54) is 6.20 Å². The van der Waals surface area contributed by atoms with E-state index < -0.39 is 13.4 Å². The van der Waals surface area contributed by atoms with Crippen molar-refractivity contribution in [1.29, 1.82) is 0 Å². The van der Waals surface area contributed by atoms with Crippen molar-refractivity contribution in [2.24, 2.45) is 7.05 Å². The number of aromatic nitrogens is 2. The summed E-state index contributed by atoms with van der Waals surface area (Å²) in [6, 6.07) is 0. The molecule has 0 aliphatic rings. The molecule has 0 aromatic carbocycles. The molecule has 1 N–H and O–H groups in total. The number of hydrogen-bond acceptors (Lipinski definition) is 3. The molecular formula is C7H11BFN2O3+. The first kappa shape index (κ1) is 10.7. The van der Waals surface area contributed by atoms with E-state index >= 15 is 0 Å². The van der Waals surface area contributed by atoms with E-state index in [0.717, 1.165) is 0 Å². The second kappa shape index (κ2) is 4.23. The summed E-state index contributed by atoms with van der Waals surface area (Å²) in [4.78, 5) is 11.2. The van der Waals surface area contributed by atoms with Gasteiger partial charge in [0, 0.05) is 0 Å². The Bertz CT molecular complexity index is 340. The van der Waals surface area contributed by atoms with Crippen LogP contribution in [0.3, 0.4) is 0 Å². The lowest BCUT2D eigenvalue weighted by atomic mass is 10.3. The van der Waals surface area contributed by atoms with E-state index in [4.69, 9.17) is 5.02 Å². The fourth-order valence-electron chi connectivity index (χ4n) is 1.15. The predicted molar refractivity (Wildman–Crippen MR) is 45.8 cm³/mol.